The molecule has 5 amide bonds. The fourth-order valence-corrected chi connectivity index (χ4v) is 6.96. The number of nitrogens with one attached hydrogen (secondary N) is 4. The lowest BCUT2D eigenvalue weighted by Gasteiger charge is -2.42. The smallest absolute Gasteiger partial charge is 0.248 e. The number of benzene rings is 2. The van der Waals surface area contributed by atoms with E-state index in [-0.39, 0.29) is 43.8 Å². The van der Waals surface area contributed by atoms with E-state index in [2.05, 4.69) is 27.8 Å². The third-order valence-electron chi connectivity index (χ3n) is 10.2. The monoisotopic (exact) mass is 865 g/mol. The number of halogens is 2. The number of allylic oxidation sites excluding steroid dienone is 1. The molecule has 0 aliphatic carbocycles. The van der Waals surface area contributed by atoms with Gasteiger partial charge in [-0.05, 0) is 61.6 Å². The Kier molecular flexibility index (Phi) is 18.2. The predicted molar refractivity (Wildman–Crippen MR) is 230 cm³/mol. The van der Waals surface area contributed by atoms with Crippen molar-refractivity contribution in [2.24, 2.45) is 17.1 Å². The van der Waals surface area contributed by atoms with E-state index in [4.69, 9.17) is 5.73 Å². The van der Waals surface area contributed by atoms with Crippen LogP contribution in [-0.4, -0.2) is 98.5 Å². The summed E-state index contributed by atoms with van der Waals surface area (Å²) in [5.74, 6) is -5.70. The predicted octanol–water partition coefficient (Wildman–Crippen LogP) is 3.23. The van der Waals surface area contributed by atoms with E-state index in [1.807, 2.05) is 55.7 Å². The Morgan fingerprint density at radius 3 is 2.18 bits per heavy atom. The van der Waals surface area contributed by atoms with Gasteiger partial charge in [0.25, 0.3) is 0 Å². The molecule has 0 aliphatic rings. The number of hydrogen-bond acceptors (Lipinski definition) is 9. The third-order valence-corrected chi connectivity index (χ3v) is 10.2. The highest BCUT2D eigenvalue weighted by Gasteiger charge is 2.41. The third kappa shape index (κ3) is 14.4. The number of hydrogen-bond donors (Lipinski definition) is 7. The molecule has 1 unspecified atom stereocenters. The van der Waals surface area contributed by atoms with Gasteiger partial charge < -0.3 is 41.4 Å². The van der Waals surface area contributed by atoms with Crippen LogP contribution in [-0.2, 0) is 35.3 Å². The number of amides is 5. The van der Waals surface area contributed by atoms with Crippen molar-refractivity contribution in [2.45, 2.75) is 104 Å². The van der Waals surface area contributed by atoms with Gasteiger partial charge in [-0.15, -0.1) is 0 Å². The molecule has 1 heterocycles. The van der Waals surface area contributed by atoms with Crippen LogP contribution in [0, 0.1) is 23.0 Å². The van der Waals surface area contributed by atoms with Crippen molar-refractivity contribution in [3.63, 3.8) is 0 Å². The highest BCUT2D eigenvalue weighted by molar-refractivity contribution is 5.90. The zero-order valence-electron chi connectivity index (χ0n) is 36.5. The van der Waals surface area contributed by atoms with E-state index < -0.39 is 95.4 Å². The van der Waals surface area contributed by atoms with Crippen LogP contribution < -0.4 is 27.0 Å². The minimum atomic E-state index is -2.25. The molecule has 62 heavy (non-hydrogen) atoms. The first-order chi connectivity index (χ1) is 29.0. The Hall–Kier alpha value is -5.78. The van der Waals surface area contributed by atoms with Crippen molar-refractivity contribution in [2.75, 3.05) is 19.7 Å². The summed E-state index contributed by atoms with van der Waals surface area (Å²) in [6.45, 7) is 13.8. The summed E-state index contributed by atoms with van der Waals surface area (Å²) in [5, 5.41) is 32.8. The Balaban J connectivity index is 2.12. The molecule has 0 radical (unpaired) electrons. The van der Waals surface area contributed by atoms with E-state index in [9.17, 15) is 43.4 Å². The minimum Gasteiger partial charge on any atom is -0.387 e. The summed E-state index contributed by atoms with van der Waals surface area (Å²) in [7, 11) is 0. The highest BCUT2D eigenvalue weighted by Crippen LogP contribution is 2.41. The first-order valence-corrected chi connectivity index (χ1v) is 20.4. The average molecular weight is 866 g/mol. The molecule has 17 heteroatoms. The minimum absolute atomic E-state index is 0.0156. The molecule has 0 bridgehead atoms. The van der Waals surface area contributed by atoms with Gasteiger partial charge >= 0.3 is 0 Å². The van der Waals surface area contributed by atoms with Crippen LogP contribution in [0.15, 0.2) is 73.4 Å². The largest absolute Gasteiger partial charge is 0.387 e. The normalized spacial score (nSPS) is 14.5. The molecule has 3 rings (SSSR count). The Morgan fingerprint density at radius 2 is 1.60 bits per heavy atom. The molecule has 0 aliphatic heterocycles. The second kappa shape index (κ2) is 22.4. The maximum atomic E-state index is 15.3. The summed E-state index contributed by atoms with van der Waals surface area (Å²) in [4.78, 5) is 79.0. The fourth-order valence-electron chi connectivity index (χ4n) is 6.96. The molecule has 0 saturated heterocycles. The summed E-state index contributed by atoms with van der Waals surface area (Å²) < 4.78 is 31.6. The van der Waals surface area contributed by atoms with Crippen LogP contribution in [0.3, 0.4) is 0 Å². The zero-order valence-corrected chi connectivity index (χ0v) is 36.5. The Morgan fingerprint density at radius 1 is 0.935 bits per heavy atom. The number of aliphatic hydroxyl groups is 2. The van der Waals surface area contributed by atoms with Crippen molar-refractivity contribution in [3.8, 4) is 11.1 Å². The number of aromatic nitrogens is 1. The van der Waals surface area contributed by atoms with Crippen LogP contribution in [0.25, 0.3) is 11.1 Å². The SMILES string of the molecule is C=CC(=O)CCNC(=O)[C@H](CCN(C(=O)CO)[C@@H](c1cc(-c2cc(F)ccc2F)cn1Cc1ccccc1)C(C)(C)C)NC(C)(O)[C@H](CC(N)=O)NC(=O)[C@@H](C)NC(=O)C(C)C. The molecule has 338 valence electrons. The van der Waals surface area contributed by atoms with Crippen molar-refractivity contribution in [1.82, 2.24) is 30.7 Å². The molecule has 2 aromatic carbocycles. The van der Waals surface area contributed by atoms with Crippen LogP contribution in [0.5, 0.6) is 0 Å². The average Bonchev–Trinajstić information content (AvgIpc) is 3.60. The van der Waals surface area contributed by atoms with Crippen LogP contribution in [0.1, 0.15) is 85.0 Å². The standard InChI is InChI=1S/C45H61F2N7O8/c1-9-32(56)17-19-49-43(61)35(52-45(8,62)37(23-38(48)57)51-42(60)28(4)50-41(59)27(2)3)18-20-54(39(58)26-55)40(44(5,6)7)36-21-30(33-22-31(46)15-16-34(33)47)25-53(36)24-29-13-11-10-12-14-29/h9-16,21-22,25,27-28,35,37,40,52,55,62H,1,17-20,23-24,26H2,2-8H3,(H2,48,57)(H,49,61)(H,50,59)(H,51,60)/t28-,35+,37+,40+,45?/m1/s1. The number of nitrogens with two attached hydrogens (primary N) is 1. The van der Waals surface area contributed by atoms with E-state index in [1.54, 1.807) is 26.1 Å². The first kappa shape index (κ1) is 50.6. The number of aliphatic hydroxyl groups excluding tert-OH is 1. The zero-order chi connectivity index (χ0) is 46.5. The Labute approximate surface area is 361 Å². The number of ketones is 1. The summed E-state index contributed by atoms with van der Waals surface area (Å²) in [5.41, 5.74) is 4.12. The topological polar surface area (TPSA) is 225 Å². The first-order valence-electron chi connectivity index (χ1n) is 20.4. The number of primary amides is 1. The molecule has 0 fully saturated rings. The van der Waals surface area contributed by atoms with Gasteiger partial charge in [0.05, 0.1) is 24.5 Å². The van der Waals surface area contributed by atoms with Gasteiger partial charge in [0.15, 0.2) is 5.78 Å². The van der Waals surface area contributed by atoms with Gasteiger partial charge in [-0.1, -0.05) is 71.5 Å². The second-order valence-electron chi connectivity index (χ2n) is 16.9. The van der Waals surface area contributed by atoms with Crippen LogP contribution in [0.2, 0.25) is 0 Å². The van der Waals surface area contributed by atoms with E-state index in [1.165, 1.54) is 18.7 Å². The Bertz CT molecular complexity index is 2070. The van der Waals surface area contributed by atoms with Crippen LogP contribution in [0.4, 0.5) is 8.78 Å². The molecule has 0 spiro atoms. The van der Waals surface area contributed by atoms with Gasteiger partial charge in [0.1, 0.15) is 30.0 Å². The molecule has 1 aromatic heterocycles. The molecule has 3 aromatic rings. The lowest BCUT2D eigenvalue weighted by atomic mass is 9.82. The van der Waals surface area contributed by atoms with Crippen molar-refractivity contribution < 1.29 is 47.8 Å². The molecule has 5 atom stereocenters. The number of carbonyl (C=O) groups is 6. The molecular weight excluding hydrogens is 805 g/mol. The maximum Gasteiger partial charge on any atom is 0.248 e. The van der Waals surface area contributed by atoms with Crippen molar-refractivity contribution >= 4 is 35.3 Å². The number of rotatable bonds is 23. The highest BCUT2D eigenvalue weighted by atomic mass is 19.1. The lowest BCUT2D eigenvalue weighted by molar-refractivity contribution is -0.141. The fraction of sp³-hybridized carbons (Fsp3) is 0.467. The molecule has 15 nitrogen and oxygen atoms in total. The van der Waals surface area contributed by atoms with E-state index in [0.29, 0.717) is 11.3 Å². The quantitative estimate of drug-likeness (QED) is 0.0548. The number of carbonyl (C=O) groups excluding carboxylic acids is 6. The van der Waals surface area contributed by atoms with Crippen molar-refractivity contribution in [3.05, 3.63) is 96.3 Å². The summed E-state index contributed by atoms with van der Waals surface area (Å²) >= 11 is 0. The number of nitrogens with zero attached hydrogens (tertiary/aromatic N) is 2. The van der Waals surface area contributed by atoms with Gasteiger partial charge in [0.2, 0.25) is 29.5 Å². The van der Waals surface area contributed by atoms with Gasteiger partial charge in [-0.3, -0.25) is 34.1 Å². The maximum absolute atomic E-state index is 15.3. The van der Waals surface area contributed by atoms with Gasteiger partial charge in [0, 0.05) is 55.0 Å². The lowest BCUT2D eigenvalue weighted by Crippen LogP contribution is -2.66. The summed E-state index contributed by atoms with van der Waals surface area (Å²) in [6, 6.07) is 9.24. The molecule has 8 N–H and O–H groups in total. The van der Waals surface area contributed by atoms with Crippen LogP contribution >= 0.6 is 0 Å². The summed E-state index contributed by atoms with van der Waals surface area (Å²) in [6.07, 6.45) is 1.79. The molecular formula is C45H61F2N7O8. The molecule has 0 saturated carbocycles. The van der Waals surface area contributed by atoms with Gasteiger partial charge in [-0.25, -0.2) is 8.78 Å². The van der Waals surface area contributed by atoms with E-state index >= 15 is 4.39 Å². The van der Waals surface area contributed by atoms with E-state index in [0.717, 1.165) is 29.8 Å². The second-order valence-corrected chi connectivity index (χ2v) is 16.9. The van der Waals surface area contributed by atoms with Gasteiger partial charge in [-0.2, -0.15) is 0 Å². The van der Waals surface area contributed by atoms with Crippen molar-refractivity contribution in [1.29, 1.82) is 0 Å².